The summed E-state index contributed by atoms with van der Waals surface area (Å²) in [4.78, 5) is 27.1. The molecule has 0 fully saturated rings. The molecule has 166 valence electrons. The standard InChI is InChI=1S/C22H28N4O5/c1-22(2,3)31-21(28)26-10-9-16-15(12-26)19(25(4)24-16)20(27)23-11-14-13-29-17-7-5-6-8-18(17)30-14/h5-8,14H,9-13H2,1-4H3,(H,23,27). The number of aryl methyl sites for hydroxylation is 1. The zero-order chi connectivity index (χ0) is 22.2. The summed E-state index contributed by atoms with van der Waals surface area (Å²) in [6.45, 7) is 6.94. The molecule has 0 spiro atoms. The van der Waals surface area contributed by atoms with Gasteiger partial charge in [0.15, 0.2) is 11.5 Å². The zero-order valence-corrected chi connectivity index (χ0v) is 18.3. The van der Waals surface area contributed by atoms with Crippen molar-refractivity contribution in [3.63, 3.8) is 0 Å². The summed E-state index contributed by atoms with van der Waals surface area (Å²) in [5, 5.41) is 7.41. The maximum absolute atomic E-state index is 13.0. The van der Waals surface area contributed by atoms with E-state index in [0.29, 0.717) is 43.3 Å². The van der Waals surface area contributed by atoms with Gasteiger partial charge in [-0.25, -0.2) is 4.79 Å². The summed E-state index contributed by atoms with van der Waals surface area (Å²) in [6, 6.07) is 7.45. The van der Waals surface area contributed by atoms with Crippen LogP contribution in [0.4, 0.5) is 4.79 Å². The molecule has 31 heavy (non-hydrogen) atoms. The molecule has 4 rings (SSSR count). The smallest absolute Gasteiger partial charge is 0.410 e. The van der Waals surface area contributed by atoms with Crippen molar-refractivity contribution in [3.8, 4) is 11.5 Å². The number of aromatic nitrogens is 2. The fourth-order valence-electron chi connectivity index (χ4n) is 3.72. The quantitative estimate of drug-likeness (QED) is 0.806. The molecule has 1 aromatic carbocycles. The largest absolute Gasteiger partial charge is 0.486 e. The number of hydrogen-bond donors (Lipinski definition) is 1. The number of rotatable bonds is 3. The van der Waals surface area contributed by atoms with E-state index in [-0.39, 0.29) is 24.6 Å². The van der Waals surface area contributed by atoms with Crippen LogP contribution in [0.5, 0.6) is 11.5 Å². The minimum absolute atomic E-state index is 0.259. The normalized spacial score (nSPS) is 17.7. The monoisotopic (exact) mass is 428 g/mol. The molecule has 1 N–H and O–H groups in total. The van der Waals surface area contributed by atoms with Crippen molar-refractivity contribution in [1.29, 1.82) is 0 Å². The van der Waals surface area contributed by atoms with Crippen molar-refractivity contribution in [3.05, 3.63) is 41.2 Å². The van der Waals surface area contributed by atoms with Gasteiger partial charge in [-0.05, 0) is 32.9 Å². The Balaban J connectivity index is 1.42. The number of carbonyl (C=O) groups excluding carboxylic acids is 2. The maximum atomic E-state index is 13.0. The summed E-state index contributed by atoms with van der Waals surface area (Å²) >= 11 is 0. The molecule has 1 atom stereocenters. The van der Waals surface area contributed by atoms with E-state index in [0.717, 1.165) is 11.3 Å². The Hall–Kier alpha value is -3.23. The second kappa shape index (κ2) is 8.13. The number of nitrogens with one attached hydrogen (secondary N) is 1. The molecule has 0 saturated heterocycles. The molecule has 2 aliphatic heterocycles. The molecule has 3 heterocycles. The van der Waals surface area contributed by atoms with Crippen LogP contribution in [0.3, 0.4) is 0 Å². The molecule has 9 heteroatoms. The first-order valence-electron chi connectivity index (χ1n) is 10.4. The van der Waals surface area contributed by atoms with Crippen molar-refractivity contribution in [1.82, 2.24) is 20.0 Å². The SMILES string of the molecule is Cn1nc2c(c1C(=O)NCC1COc3ccccc3O1)CN(C(=O)OC(C)(C)C)CC2. The van der Waals surface area contributed by atoms with E-state index in [1.165, 1.54) is 0 Å². The van der Waals surface area contributed by atoms with Gasteiger partial charge in [0.25, 0.3) is 5.91 Å². The third-order valence-corrected chi connectivity index (χ3v) is 5.12. The van der Waals surface area contributed by atoms with Crippen molar-refractivity contribution in [2.24, 2.45) is 7.05 Å². The highest BCUT2D eigenvalue weighted by atomic mass is 16.6. The second-order valence-corrected chi connectivity index (χ2v) is 8.76. The lowest BCUT2D eigenvalue weighted by Crippen LogP contribution is -2.42. The van der Waals surface area contributed by atoms with Crippen molar-refractivity contribution in [2.45, 2.75) is 45.4 Å². The third kappa shape index (κ3) is 4.60. The average Bonchev–Trinajstić information content (AvgIpc) is 3.05. The van der Waals surface area contributed by atoms with Gasteiger partial charge in [-0.1, -0.05) is 12.1 Å². The average molecular weight is 428 g/mol. The maximum Gasteiger partial charge on any atom is 0.410 e. The fraction of sp³-hybridized carbons (Fsp3) is 0.500. The Bertz CT molecular complexity index is 994. The Kier molecular flexibility index (Phi) is 5.51. The first-order valence-corrected chi connectivity index (χ1v) is 10.4. The van der Waals surface area contributed by atoms with Crippen LogP contribution in [0.2, 0.25) is 0 Å². The van der Waals surface area contributed by atoms with Crippen LogP contribution in [-0.4, -0.2) is 58.1 Å². The Morgan fingerprint density at radius 2 is 2.00 bits per heavy atom. The molecule has 9 nitrogen and oxygen atoms in total. The van der Waals surface area contributed by atoms with Gasteiger partial charge in [-0.2, -0.15) is 5.10 Å². The van der Waals surface area contributed by atoms with Gasteiger partial charge in [0.2, 0.25) is 0 Å². The molecule has 1 aromatic heterocycles. The van der Waals surface area contributed by atoms with Gasteiger partial charge in [-0.15, -0.1) is 0 Å². The number of ether oxygens (including phenoxy) is 3. The van der Waals surface area contributed by atoms with E-state index in [2.05, 4.69) is 10.4 Å². The van der Waals surface area contributed by atoms with Crippen molar-refractivity contribution < 1.29 is 23.8 Å². The summed E-state index contributed by atoms with van der Waals surface area (Å²) in [5.41, 5.74) is 1.45. The van der Waals surface area contributed by atoms with Crippen LogP contribution in [-0.2, 0) is 24.8 Å². The molecule has 0 bridgehead atoms. The first kappa shape index (κ1) is 21.0. The molecular formula is C22H28N4O5. The van der Waals surface area contributed by atoms with Crippen LogP contribution in [0, 0.1) is 0 Å². The highest BCUT2D eigenvalue weighted by Gasteiger charge is 2.32. The van der Waals surface area contributed by atoms with E-state index >= 15 is 0 Å². The summed E-state index contributed by atoms with van der Waals surface area (Å²) in [6.07, 6.45) is -0.104. The van der Waals surface area contributed by atoms with Crippen molar-refractivity contribution in [2.75, 3.05) is 19.7 Å². The number of nitrogens with zero attached hydrogens (tertiary/aromatic N) is 3. The van der Waals surface area contributed by atoms with E-state index < -0.39 is 5.60 Å². The number of fused-ring (bicyclic) bond motifs is 2. The minimum Gasteiger partial charge on any atom is -0.486 e. The summed E-state index contributed by atoms with van der Waals surface area (Å²) in [7, 11) is 1.74. The topological polar surface area (TPSA) is 94.9 Å². The van der Waals surface area contributed by atoms with Gasteiger partial charge in [0, 0.05) is 25.6 Å². The van der Waals surface area contributed by atoms with E-state index in [9.17, 15) is 9.59 Å². The van der Waals surface area contributed by atoms with Gasteiger partial charge in [0.1, 0.15) is 24.0 Å². The lowest BCUT2D eigenvalue weighted by Gasteiger charge is -2.30. The fourth-order valence-corrected chi connectivity index (χ4v) is 3.72. The third-order valence-electron chi connectivity index (χ3n) is 5.12. The number of amides is 2. The molecule has 2 aromatic rings. The van der Waals surface area contributed by atoms with Gasteiger partial charge in [-0.3, -0.25) is 9.48 Å². The van der Waals surface area contributed by atoms with E-state index in [1.54, 1.807) is 16.6 Å². The molecular weight excluding hydrogens is 400 g/mol. The zero-order valence-electron chi connectivity index (χ0n) is 18.3. The lowest BCUT2D eigenvalue weighted by atomic mass is 10.1. The van der Waals surface area contributed by atoms with Crippen LogP contribution in [0.1, 0.15) is 42.5 Å². The Morgan fingerprint density at radius 1 is 1.26 bits per heavy atom. The van der Waals surface area contributed by atoms with Gasteiger partial charge in [0.05, 0.1) is 18.8 Å². The van der Waals surface area contributed by atoms with Crippen LogP contribution in [0.25, 0.3) is 0 Å². The molecule has 1 unspecified atom stereocenters. The number of benzene rings is 1. The Morgan fingerprint density at radius 3 is 2.74 bits per heavy atom. The summed E-state index contributed by atoms with van der Waals surface area (Å²) in [5.74, 6) is 1.11. The molecule has 0 radical (unpaired) electrons. The minimum atomic E-state index is -0.576. The number of carbonyl (C=O) groups is 2. The highest BCUT2D eigenvalue weighted by Crippen LogP contribution is 2.30. The second-order valence-electron chi connectivity index (χ2n) is 8.76. The summed E-state index contributed by atoms with van der Waals surface area (Å²) < 4.78 is 18.7. The van der Waals surface area contributed by atoms with Gasteiger partial charge >= 0.3 is 6.09 Å². The van der Waals surface area contributed by atoms with Crippen molar-refractivity contribution >= 4 is 12.0 Å². The van der Waals surface area contributed by atoms with Gasteiger partial charge < -0.3 is 24.4 Å². The molecule has 2 amide bonds. The Labute approximate surface area is 181 Å². The highest BCUT2D eigenvalue weighted by molar-refractivity contribution is 5.94. The van der Waals surface area contributed by atoms with E-state index in [1.807, 2.05) is 45.0 Å². The van der Waals surface area contributed by atoms with Crippen LogP contribution < -0.4 is 14.8 Å². The lowest BCUT2D eigenvalue weighted by molar-refractivity contribution is 0.0222. The first-order chi connectivity index (χ1) is 14.7. The number of para-hydroxylation sites is 2. The molecule has 2 aliphatic rings. The predicted octanol–water partition coefficient (Wildman–Crippen LogP) is 2.28. The van der Waals surface area contributed by atoms with Crippen LogP contribution >= 0.6 is 0 Å². The number of hydrogen-bond acceptors (Lipinski definition) is 6. The molecule has 0 aliphatic carbocycles. The van der Waals surface area contributed by atoms with Crippen LogP contribution in [0.15, 0.2) is 24.3 Å². The predicted molar refractivity (Wildman–Crippen MR) is 112 cm³/mol. The van der Waals surface area contributed by atoms with E-state index in [4.69, 9.17) is 14.2 Å². The molecule has 0 saturated carbocycles.